The van der Waals surface area contributed by atoms with Gasteiger partial charge >= 0.3 is 5.97 Å². The van der Waals surface area contributed by atoms with Crippen molar-refractivity contribution in [2.75, 3.05) is 27.8 Å². The molecule has 0 fully saturated rings. The third kappa shape index (κ3) is 4.32. The van der Waals surface area contributed by atoms with E-state index in [2.05, 4.69) is 11.2 Å². The highest BCUT2D eigenvalue weighted by Gasteiger charge is 2.24. The summed E-state index contributed by atoms with van der Waals surface area (Å²) in [5, 5.41) is 24.4. The summed E-state index contributed by atoms with van der Waals surface area (Å²) in [6.07, 6.45) is 0.230. The minimum atomic E-state index is -1.18. The van der Waals surface area contributed by atoms with Crippen LogP contribution in [0.15, 0.2) is 60.7 Å². The second-order valence-electron chi connectivity index (χ2n) is 7.98. The molecule has 4 aromatic rings. The Morgan fingerprint density at radius 3 is 2.31 bits per heavy atom. The van der Waals surface area contributed by atoms with Crippen LogP contribution in [0.5, 0.6) is 11.5 Å². The zero-order chi connectivity index (χ0) is 25.8. The van der Waals surface area contributed by atoms with Crippen LogP contribution in [0.4, 0.5) is 0 Å². The first-order valence-corrected chi connectivity index (χ1v) is 11.1. The molecule has 0 spiro atoms. The fraction of sp³-hybridized carbons (Fsp3) is 0.185. The normalized spacial score (nSPS) is 10.6. The highest BCUT2D eigenvalue weighted by molar-refractivity contribution is 6.09. The number of fused-ring (bicyclic) bond motifs is 1. The van der Waals surface area contributed by atoms with E-state index >= 15 is 0 Å². The number of carbonyl (C=O) groups excluding carboxylic acids is 1. The first-order chi connectivity index (χ1) is 17.4. The van der Waals surface area contributed by atoms with Crippen LogP contribution in [0.1, 0.15) is 27.3 Å². The lowest BCUT2D eigenvalue weighted by Crippen LogP contribution is -2.27. The van der Waals surface area contributed by atoms with Gasteiger partial charge in [-0.15, -0.1) is 0 Å². The van der Waals surface area contributed by atoms with Crippen molar-refractivity contribution < 1.29 is 24.2 Å². The van der Waals surface area contributed by atoms with E-state index in [4.69, 9.17) is 14.7 Å². The number of nitriles is 1. The molecule has 9 heteroatoms. The Labute approximate surface area is 207 Å². The number of nitrogens with zero attached hydrogens (tertiary/aromatic N) is 4. The summed E-state index contributed by atoms with van der Waals surface area (Å²) < 4.78 is 12.6. The Morgan fingerprint density at radius 1 is 1.03 bits per heavy atom. The lowest BCUT2D eigenvalue weighted by atomic mass is 10.0. The van der Waals surface area contributed by atoms with Gasteiger partial charge in [0.05, 0.1) is 43.7 Å². The highest BCUT2D eigenvalue weighted by atomic mass is 16.5. The fourth-order valence-corrected chi connectivity index (χ4v) is 4.13. The van der Waals surface area contributed by atoms with Crippen molar-refractivity contribution in [1.29, 1.82) is 5.26 Å². The van der Waals surface area contributed by atoms with Gasteiger partial charge in [-0.25, -0.2) is 9.48 Å². The number of hydrogen-bond acceptors (Lipinski definition) is 6. The predicted octanol–water partition coefficient (Wildman–Crippen LogP) is 4.39. The molecule has 1 heterocycles. The summed E-state index contributed by atoms with van der Waals surface area (Å²) in [4.78, 5) is 26.5. The van der Waals surface area contributed by atoms with Crippen LogP contribution in [0.2, 0.25) is 0 Å². The number of rotatable bonds is 8. The average molecular weight is 485 g/mol. The van der Waals surface area contributed by atoms with Crippen molar-refractivity contribution in [3.8, 4) is 34.5 Å². The van der Waals surface area contributed by atoms with Gasteiger partial charge in [0.25, 0.3) is 5.91 Å². The Hall–Kier alpha value is -4.84. The maximum Gasteiger partial charge on any atom is 0.356 e. The van der Waals surface area contributed by atoms with E-state index in [1.54, 1.807) is 37.4 Å². The third-order valence-corrected chi connectivity index (χ3v) is 5.88. The molecule has 4 rings (SSSR count). The molecule has 36 heavy (non-hydrogen) atoms. The van der Waals surface area contributed by atoms with Gasteiger partial charge < -0.3 is 19.5 Å². The van der Waals surface area contributed by atoms with E-state index < -0.39 is 5.97 Å². The molecule has 1 aromatic heterocycles. The molecule has 0 atom stereocenters. The molecule has 0 radical (unpaired) electrons. The first-order valence-electron chi connectivity index (χ1n) is 11.1. The van der Waals surface area contributed by atoms with Crippen LogP contribution >= 0.6 is 0 Å². The van der Waals surface area contributed by atoms with E-state index in [-0.39, 0.29) is 18.0 Å². The van der Waals surface area contributed by atoms with Crippen molar-refractivity contribution >= 4 is 22.6 Å². The maximum atomic E-state index is 13.1. The number of aromatic nitrogens is 2. The number of ether oxygens (including phenoxy) is 2. The van der Waals surface area contributed by atoms with Crippen LogP contribution in [-0.4, -0.2) is 59.5 Å². The number of carbonyl (C=O) groups is 2. The minimum absolute atomic E-state index is 0.154. The van der Waals surface area contributed by atoms with Gasteiger partial charge in [0.15, 0.2) is 5.69 Å². The summed E-state index contributed by atoms with van der Waals surface area (Å²) in [7, 11) is 4.70. The van der Waals surface area contributed by atoms with Gasteiger partial charge in [-0.1, -0.05) is 30.3 Å². The minimum Gasteiger partial charge on any atom is -0.496 e. The smallest absolute Gasteiger partial charge is 0.356 e. The van der Waals surface area contributed by atoms with Crippen LogP contribution in [0.3, 0.4) is 0 Å². The van der Waals surface area contributed by atoms with Crippen LogP contribution in [0, 0.1) is 11.3 Å². The van der Waals surface area contributed by atoms with Gasteiger partial charge in [-0.05, 0) is 35.7 Å². The monoisotopic (exact) mass is 484 g/mol. The highest BCUT2D eigenvalue weighted by Crippen LogP contribution is 2.40. The van der Waals surface area contributed by atoms with Crippen molar-refractivity contribution in [3.63, 3.8) is 0 Å². The Balaban J connectivity index is 1.97. The standard InChI is InChI=1S/C27H24N4O5/c1-30(15-7-14-28)26(32)19-12-13-21(18-9-5-4-8-17(18)19)31-22(16-20(29-31)27(33)34)25-23(35-2)10-6-11-24(25)36-3/h4-6,8-13,16H,7,15H2,1-3H3,(H,33,34). The summed E-state index contributed by atoms with van der Waals surface area (Å²) in [5.74, 6) is -0.421. The third-order valence-electron chi connectivity index (χ3n) is 5.88. The summed E-state index contributed by atoms with van der Waals surface area (Å²) >= 11 is 0. The number of methoxy groups -OCH3 is 2. The molecule has 182 valence electrons. The number of carboxylic acids is 1. The Bertz CT molecular complexity index is 1480. The zero-order valence-electron chi connectivity index (χ0n) is 20.1. The van der Waals surface area contributed by atoms with Crippen molar-refractivity contribution in [3.05, 3.63) is 71.9 Å². The summed E-state index contributed by atoms with van der Waals surface area (Å²) in [6, 6.07) is 19.6. The number of amides is 1. The molecule has 0 saturated carbocycles. The van der Waals surface area contributed by atoms with E-state index in [0.717, 1.165) is 0 Å². The Morgan fingerprint density at radius 2 is 1.69 bits per heavy atom. The van der Waals surface area contributed by atoms with Gasteiger partial charge in [0, 0.05) is 24.5 Å². The van der Waals surface area contributed by atoms with Crippen LogP contribution < -0.4 is 9.47 Å². The lowest BCUT2D eigenvalue weighted by molar-refractivity contribution is 0.0689. The van der Waals surface area contributed by atoms with E-state index in [9.17, 15) is 14.7 Å². The number of hydrogen-bond donors (Lipinski definition) is 1. The van der Waals surface area contributed by atoms with Crippen molar-refractivity contribution in [1.82, 2.24) is 14.7 Å². The fourth-order valence-electron chi connectivity index (χ4n) is 4.13. The van der Waals surface area contributed by atoms with Gasteiger partial charge in [0.2, 0.25) is 0 Å². The van der Waals surface area contributed by atoms with Gasteiger partial charge in [-0.3, -0.25) is 4.79 Å². The molecule has 0 unspecified atom stereocenters. The maximum absolute atomic E-state index is 13.1. The molecule has 0 aliphatic rings. The average Bonchev–Trinajstić information content (AvgIpc) is 3.35. The quantitative estimate of drug-likeness (QED) is 0.394. The predicted molar refractivity (Wildman–Crippen MR) is 134 cm³/mol. The molecule has 0 aliphatic heterocycles. The first kappa shape index (κ1) is 24.3. The second-order valence-corrected chi connectivity index (χ2v) is 7.98. The van der Waals surface area contributed by atoms with Gasteiger partial charge in [-0.2, -0.15) is 10.4 Å². The van der Waals surface area contributed by atoms with Crippen molar-refractivity contribution in [2.45, 2.75) is 6.42 Å². The van der Waals surface area contributed by atoms with E-state index in [1.165, 1.54) is 29.9 Å². The summed E-state index contributed by atoms with van der Waals surface area (Å²) in [5.41, 5.74) is 1.90. The van der Waals surface area contributed by atoms with Crippen LogP contribution in [-0.2, 0) is 0 Å². The van der Waals surface area contributed by atoms with Crippen LogP contribution in [0.25, 0.3) is 27.7 Å². The number of benzene rings is 3. The molecule has 0 saturated heterocycles. The molecule has 0 aliphatic carbocycles. The molecule has 0 bridgehead atoms. The molecular formula is C27H24N4O5. The molecule has 1 N–H and O–H groups in total. The second kappa shape index (κ2) is 10.2. The number of aromatic carboxylic acids is 1. The molecule has 1 amide bonds. The summed E-state index contributed by atoms with van der Waals surface area (Å²) in [6.45, 7) is 0.310. The SMILES string of the molecule is COc1cccc(OC)c1-c1cc(C(=O)O)nn1-c1ccc(C(=O)N(C)CCC#N)c2ccccc12. The Kier molecular flexibility index (Phi) is 6.88. The zero-order valence-corrected chi connectivity index (χ0v) is 20.1. The molecule has 3 aromatic carbocycles. The van der Waals surface area contributed by atoms with Gasteiger partial charge in [0.1, 0.15) is 11.5 Å². The molecule has 9 nitrogen and oxygen atoms in total. The largest absolute Gasteiger partial charge is 0.496 e. The topological polar surface area (TPSA) is 118 Å². The van der Waals surface area contributed by atoms with E-state index in [0.29, 0.717) is 51.3 Å². The van der Waals surface area contributed by atoms with Crippen molar-refractivity contribution in [2.24, 2.45) is 0 Å². The number of carboxylic acid groups (broad SMARTS) is 1. The lowest BCUT2D eigenvalue weighted by Gasteiger charge is -2.19. The van der Waals surface area contributed by atoms with E-state index in [1.807, 2.05) is 24.3 Å². The molecular weight excluding hydrogens is 460 g/mol.